The second-order valence-electron chi connectivity index (χ2n) is 0.519. The van der Waals surface area contributed by atoms with Gasteiger partial charge in [0.25, 0.3) is 5.97 Å². The van der Waals surface area contributed by atoms with Gasteiger partial charge in [-0.05, 0) is 0 Å². The van der Waals surface area contributed by atoms with Crippen LogP contribution in [0.25, 0.3) is 0 Å². The summed E-state index contributed by atoms with van der Waals surface area (Å²) in [5.41, 5.74) is 0. The van der Waals surface area contributed by atoms with Gasteiger partial charge >= 0.3 is 0 Å². The van der Waals surface area contributed by atoms with Crippen LogP contribution in [0.15, 0.2) is 0 Å². The number of carboxylic acid groups (broad SMARTS) is 1. The SMILES string of the molecule is CC(=O)O.CO.CO.CO.CO. The Morgan fingerprint density at radius 3 is 0.750 bits per heavy atom. The van der Waals surface area contributed by atoms with Crippen LogP contribution < -0.4 is 0 Å². The van der Waals surface area contributed by atoms with Crippen LogP contribution in [0.5, 0.6) is 0 Å². The monoisotopic (exact) mass is 188 g/mol. The van der Waals surface area contributed by atoms with Gasteiger partial charge in [-0.15, -0.1) is 0 Å². The van der Waals surface area contributed by atoms with Crippen LogP contribution in [0, 0.1) is 0 Å². The molecule has 0 aliphatic heterocycles. The van der Waals surface area contributed by atoms with Gasteiger partial charge in [-0.3, -0.25) is 4.79 Å². The van der Waals surface area contributed by atoms with Gasteiger partial charge in [-0.2, -0.15) is 0 Å². The Balaban J connectivity index is -0.0000000181. The zero-order valence-electron chi connectivity index (χ0n) is 8.14. The Kier molecular flexibility index (Phi) is 421. The molecule has 0 radical (unpaired) electrons. The second-order valence-corrected chi connectivity index (χ2v) is 0.519. The summed E-state index contributed by atoms with van der Waals surface area (Å²) in [4.78, 5) is 9.00. The minimum absolute atomic E-state index is 0.833. The first-order valence-corrected chi connectivity index (χ1v) is 2.72. The molecule has 12 heavy (non-hydrogen) atoms. The highest BCUT2D eigenvalue weighted by Gasteiger charge is 1.65. The number of hydrogen-bond donors (Lipinski definition) is 5. The van der Waals surface area contributed by atoms with E-state index in [0.29, 0.717) is 0 Å². The molecule has 6 heteroatoms. The van der Waals surface area contributed by atoms with E-state index in [1.54, 1.807) is 0 Å². The molecule has 0 aromatic rings. The molecule has 0 bridgehead atoms. The Labute approximate surface area is 72.7 Å². The molecule has 0 aromatic heterocycles. The lowest BCUT2D eigenvalue weighted by molar-refractivity contribution is -0.134. The largest absolute Gasteiger partial charge is 0.481 e. The maximum absolute atomic E-state index is 9.00. The van der Waals surface area contributed by atoms with Crippen molar-refractivity contribution >= 4 is 5.97 Å². The molecule has 0 saturated heterocycles. The fraction of sp³-hybridized carbons (Fsp3) is 0.833. The van der Waals surface area contributed by atoms with E-state index >= 15 is 0 Å². The smallest absolute Gasteiger partial charge is 0.300 e. The van der Waals surface area contributed by atoms with Gasteiger partial charge in [0, 0.05) is 35.4 Å². The second kappa shape index (κ2) is 167. The number of aliphatic hydroxyl groups excluding tert-OH is 4. The third-order valence-corrected chi connectivity index (χ3v) is 0. The Morgan fingerprint density at radius 2 is 0.750 bits per heavy atom. The molecule has 0 saturated carbocycles. The number of hydrogen-bond acceptors (Lipinski definition) is 5. The first-order valence-electron chi connectivity index (χ1n) is 2.72. The van der Waals surface area contributed by atoms with Crippen LogP contribution in [0.2, 0.25) is 0 Å². The number of rotatable bonds is 0. The molecule has 0 aromatic carbocycles. The molecule has 0 amide bonds. The summed E-state index contributed by atoms with van der Waals surface area (Å²) in [5, 5.41) is 35.4. The molecule has 0 aliphatic carbocycles. The van der Waals surface area contributed by atoms with Gasteiger partial charge < -0.3 is 25.5 Å². The lowest BCUT2D eigenvalue weighted by Gasteiger charge is -1.59. The predicted molar refractivity (Wildman–Crippen MR) is 45.9 cm³/mol. The average Bonchev–Trinajstić information content (AvgIpc) is 2.16. The van der Waals surface area contributed by atoms with Crippen LogP contribution in [0.1, 0.15) is 6.92 Å². The molecular weight excluding hydrogens is 168 g/mol. The van der Waals surface area contributed by atoms with Crippen molar-refractivity contribution in [2.24, 2.45) is 0 Å². The summed E-state index contributed by atoms with van der Waals surface area (Å²) < 4.78 is 0. The molecule has 0 atom stereocenters. The van der Waals surface area contributed by atoms with E-state index in [9.17, 15) is 0 Å². The van der Waals surface area contributed by atoms with E-state index in [1.165, 1.54) is 0 Å². The quantitative estimate of drug-likeness (QED) is 0.316. The number of carboxylic acids is 1. The van der Waals surface area contributed by atoms with Gasteiger partial charge in [0.1, 0.15) is 0 Å². The fourth-order valence-electron chi connectivity index (χ4n) is 0. The van der Waals surface area contributed by atoms with E-state index in [4.69, 9.17) is 30.3 Å². The topological polar surface area (TPSA) is 118 Å². The standard InChI is InChI=1S/C2H4O2.4CH4O/c1-2(3)4;4*1-2/h1H3,(H,3,4);4*2H,1H3. The number of carbonyl (C=O) groups is 1. The van der Waals surface area contributed by atoms with E-state index < -0.39 is 5.97 Å². The lowest BCUT2D eigenvalue weighted by Crippen LogP contribution is -1.78. The van der Waals surface area contributed by atoms with Crippen molar-refractivity contribution in [3.05, 3.63) is 0 Å². The van der Waals surface area contributed by atoms with Gasteiger partial charge in [-0.1, -0.05) is 0 Å². The summed E-state index contributed by atoms with van der Waals surface area (Å²) in [6.07, 6.45) is 0. The summed E-state index contributed by atoms with van der Waals surface area (Å²) >= 11 is 0. The van der Waals surface area contributed by atoms with Crippen LogP contribution in [-0.4, -0.2) is 59.9 Å². The molecule has 0 fully saturated rings. The summed E-state index contributed by atoms with van der Waals surface area (Å²) in [7, 11) is 4.00. The first-order chi connectivity index (χ1) is 5.73. The summed E-state index contributed by atoms with van der Waals surface area (Å²) in [6, 6.07) is 0. The van der Waals surface area contributed by atoms with Crippen molar-refractivity contribution in [1.29, 1.82) is 0 Å². The van der Waals surface area contributed by atoms with Crippen molar-refractivity contribution in [3.8, 4) is 0 Å². The first kappa shape index (κ1) is 30.2. The maximum atomic E-state index is 9.00. The zero-order valence-corrected chi connectivity index (χ0v) is 8.14. The third-order valence-electron chi connectivity index (χ3n) is 0. The van der Waals surface area contributed by atoms with E-state index in [0.717, 1.165) is 35.4 Å². The van der Waals surface area contributed by atoms with Gasteiger partial charge in [0.15, 0.2) is 0 Å². The van der Waals surface area contributed by atoms with Crippen molar-refractivity contribution < 1.29 is 30.3 Å². The van der Waals surface area contributed by atoms with Crippen LogP contribution >= 0.6 is 0 Å². The van der Waals surface area contributed by atoms with Crippen LogP contribution in [-0.2, 0) is 4.79 Å². The highest BCUT2D eigenvalue weighted by atomic mass is 16.4. The molecule has 80 valence electrons. The highest BCUT2D eigenvalue weighted by Crippen LogP contribution is 1.42. The minimum atomic E-state index is -0.833. The van der Waals surface area contributed by atoms with Crippen LogP contribution in [0.4, 0.5) is 0 Å². The van der Waals surface area contributed by atoms with Crippen molar-refractivity contribution in [2.45, 2.75) is 6.92 Å². The van der Waals surface area contributed by atoms with E-state index in [2.05, 4.69) is 0 Å². The van der Waals surface area contributed by atoms with Crippen molar-refractivity contribution in [2.75, 3.05) is 28.4 Å². The summed E-state index contributed by atoms with van der Waals surface area (Å²) in [6.45, 7) is 1.08. The lowest BCUT2D eigenvalue weighted by atomic mass is 10.9. The highest BCUT2D eigenvalue weighted by molar-refractivity contribution is 5.62. The van der Waals surface area contributed by atoms with Gasteiger partial charge in [0.05, 0.1) is 0 Å². The molecule has 0 unspecified atom stereocenters. The van der Waals surface area contributed by atoms with Gasteiger partial charge in [-0.25, -0.2) is 0 Å². The Hall–Kier alpha value is -0.690. The normalized spacial score (nSPS) is 4.08. The number of aliphatic carboxylic acids is 1. The molecule has 5 N–H and O–H groups in total. The molecular formula is C6H20O6. The van der Waals surface area contributed by atoms with Gasteiger partial charge in [0.2, 0.25) is 0 Å². The Bertz CT molecular complexity index is 35.0. The van der Waals surface area contributed by atoms with E-state index in [-0.39, 0.29) is 0 Å². The molecule has 0 spiro atoms. The van der Waals surface area contributed by atoms with Crippen molar-refractivity contribution in [3.63, 3.8) is 0 Å². The van der Waals surface area contributed by atoms with Crippen LogP contribution in [0.3, 0.4) is 0 Å². The van der Waals surface area contributed by atoms with Crippen molar-refractivity contribution in [1.82, 2.24) is 0 Å². The van der Waals surface area contributed by atoms with E-state index in [1.807, 2.05) is 0 Å². The molecule has 6 nitrogen and oxygen atoms in total. The zero-order chi connectivity index (χ0) is 11.6. The average molecular weight is 188 g/mol. The molecule has 0 rings (SSSR count). The Morgan fingerprint density at radius 1 is 0.750 bits per heavy atom. The third kappa shape index (κ3) is 1350. The molecule has 0 heterocycles. The summed E-state index contributed by atoms with van der Waals surface area (Å²) in [5.74, 6) is -0.833. The minimum Gasteiger partial charge on any atom is -0.481 e. The number of aliphatic hydroxyl groups is 4. The maximum Gasteiger partial charge on any atom is 0.300 e. The predicted octanol–water partition coefficient (Wildman–Crippen LogP) is -1.48. The molecule has 0 aliphatic rings. The fourth-order valence-corrected chi connectivity index (χ4v) is 0.